The van der Waals surface area contributed by atoms with Gasteiger partial charge in [0.05, 0.1) is 35.7 Å². The van der Waals surface area contributed by atoms with Crippen LogP contribution in [0.5, 0.6) is 11.5 Å². The molecule has 0 fully saturated rings. The van der Waals surface area contributed by atoms with E-state index >= 15 is 0 Å². The van der Waals surface area contributed by atoms with E-state index in [-0.39, 0.29) is 53.8 Å². The number of anilines is 2. The summed E-state index contributed by atoms with van der Waals surface area (Å²) in [5, 5.41) is 6.16. The predicted molar refractivity (Wildman–Crippen MR) is 161 cm³/mol. The Morgan fingerprint density at radius 3 is 2.37 bits per heavy atom. The lowest BCUT2D eigenvalue weighted by molar-refractivity contribution is -0.114. The van der Waals surface area contributed by atoms with Gasteiger partial charge in [-0.3, -0.25) is 9.59 Å². The number of thioether (sulfide) groups is 1. The quantitative estimate of drug-likeness (QED) is 0.452. The third-order valence-electron chi connectivity index (χ3n) is 8.27. The van der Waals surface area contributed by atoms with Crippen molar-refractivity contribution in [1.29, 1.82) is 0 Å². The van der Waals surface area contributed by atoms with Crippen LogP contribution in [-0.2, 0) is 30.2 Å². The van der Waals surface area contributed by atoms with E-state index in [0.717, 1.165) is 22.5 Å². The van der Waals surface area contributed by atoms with Gasteiger partial charge in [0.25, 0.3) is 5.91 Å². The van der Waals surface area contributed by atoms with Gasteiger partial charge in [-0.25, -0.2) is 0 Å². The van der Waals surface area contributed by atoms with Crippen molar-refractivity contribution in [2.45, 2.75) is 82.7 Å². The minimum atomic E-state index is -0.377. The van der Waals surface area contributed by atoms with E-state index in [2.05, 4.69) is 37.5 Å². The molecule has 2 bridgehead atoms. The second kappa shape index (κ2) is 13.6. The Morgan fingerprint density at radius 1 is 0.976 bits per heavy atom. The number of ether oxygens (including phenoxy) is 5. The number of hydrogen-bond acceptors (Lipinski definition) is 8. The first-order valence-corrected chi connectivity index (χ1v) is 15.2. The minimum Gasteiger partial charge on any atom is -0.494 e. The molecule has 0 aliphatic carbocycles. The van der Waals surface area contributed by atoms with Gasteiger partial charge in [-0.1, -0.05) is 26.0 Å². The van der Waals surface area contributed by atoms with Crippen molar-refractivity contribution in [3.63, 3.8) is 0 Å². The molecule has 0 radical (unpaired) electrons. The summed E-state index contributed by atoms with van der Waals surface area (Å²) in [5.41, 5.74) is 3.59. The Balaban J connectivity index is 1.98. The maximum absolute atomic E-state index is 13.6. The molecule has 2 amide bonds. The summed E-state index contributed by atoms with van der Waals surface area (Å²) >= 11 is 1.37. The van der Waals surface area contributed by atoms with Crippen LogP contribution >= 0.6 is 11.8 Å². The lowest BCUT2D eigenvalue weighted by Gasteiger charge is -2.37. The summed E-state index contributed by atoms with van der Waals surface area (Å²) in [6.45, 7) is 8.16. The zero-order valence-electron chi connectivity index (χ0n) is 25.4. The van der Waals surface area contributed by atoms with Gasteiger partial charge in [0, 0.05) is 38.4 Å². The van der Waals surface area contributed by atoms with Crippen LogP contribution in [0.25, 0.3) is 0 Å². The minimum absolute atomic E-state index is 0.0730. The number of methoxy groups -OCH3 is 4. The van der Waals surface area contributed by atoms with Gasteiger partial charge in [-0.2, -0.15) is 0 Å². The van der Waals surface area contributed by atoms with Crippen molar-refractivity contribution in [3.8, 4) is 11.5 Å². The van der Waals surface area contributed by atoms with Crippen LogP contribution in [0, 0.1) is 11.8 Å². The van der Waals surface area contributed by atoms with Crippen LogP contribution in [0.3, 0.4) is 0 Å². The van der Waals surface area contributed by atoms with Gasteiger partial charge in [0.1, 0.15) is 17.9 Å². The molecule has 0 spiro atoms. The number of allylic oxidation sites excluding steroid dienone is 1. The standard InChI is InChI=1S/C31H44N2O7S/c1-16-12-20-28(39-8)24-30(41-15-23(34)32-24)25-29(20)40-27(22(13-16)37-6)19(4)14-18(3)26(38-7)21(36-5)11-9-10-17(2)31(35)33-25/h10,14,16,19,21-22,26-27H,9,11-13,15H2,1-8H3,(H,32,34)(H,33,35). The first kappa shape index (κ1) is 31.4. The fraction of sp³-hybridized carbons (Fsp3) is 0.613. The number of amides is 2. The van der Waals surface area contributed by atoms with Gasteiger partial charge >= 0.3 is 0 Å². The number of carbonyl (C=O) groups is 2. The largest absolute Gasteiger partial charge is 0.494 e. The third kappa shape index (κ3) is 6.61. The first-order valence-electron chi connectivity index (χ1n) is 14.2. The van der Waals surface area contributed by atoms with E-state index in [1.54, 1.807) is 35.4 Å². The molecule has 9 nitrogen and oxygen atoms in total. The Morgan fingerprint density at radius 2 is 1.71 bits per heavy atom. The van der Waals surface area contributed by atoms with Crippen LogP contribution in [0.2, 0.25) is 0 Å². The zero-order valence-corrected chi connectivity index (χ0v) is 26.2. The van der Waals surface area contributed by atoms with E-state index in [9.17, 15) is 9.59 Å². The summed E-state index contributed by atoms with van der Waals surface area (Å²) in [4.78, 5) is 26.8. The summed E-state index contributed by atoms with van der Waals surface area (Å²) < 4.78 is 30.7. The van der Waals surface area contributed by atoms with Crippen molar-refractivity contribution < 1.29 is 33.3 Å². The molecule has 6 unspecified atom stereocenters. The molecular weight excluding hydrogens is 544 g/mol. The van der Waals surface area contributed by atoms with E-state index in [1.807, 2.05) is 6.08 Å². The molecule has 3 aliphatic rings. The van der Waals surface area contributed by atoms with Gasteiger partial charge in [-0.15, -0.1) is 11.8 Å². The molecule has 1 aromatic carbocycles. The number of nitrogens with one attached hydrogen (secondary N) is 2. The highest BCUT2D eigenvalue weighted by atomic mass is 32.2. The van der Waals surface area contributed by atoms with Crippen molar-refractivity contribution >= 4 is 35.0 Å². The topological polar surface area (TPSA) is 104 Å². The molecule has 41 heavy (non-hydrogen) atoms. The molecule has 0 saturated carbocycles. The average molecular weight is 589 g/mol. The second-order valence-corrected chi connectivity index (χ2v) is 12.3. The molecule has 3 aliphatic heterocycles. The van der Waals surface area contributed by atoms with Gasteiger partial charge in [-0.05, 0) is 51.0 Å². The summed E-state index contributed by atoms with van der Waals surface area (Å²) in [6, 6.07) is 0. The number of carbonyl (C=O) groups excluding carboxylic acids is 2. The molecule has 1 aromatic rings. The van der Waals surface area contributed by atoms with Gasteiger partial charge in [0.2, 0.25) is 5.91 Å². The Kier molecular flexibility index (Phi) is 10.4. The van der Waals surface area contributed by atoms with E-state index in [1.165, 1.54) is 11.8 Å². The fourth-order valence-corrected chi connectivity index (χ4v) is 7.13. The molecule has 0 aromatic heterocycles. The van der Waals surface area contributed by atoms with E-state index < -0.39 is 0 Å². The summed E-state index contributed by atoms with van der Waals surface area (Å²) in [7, 11) is 6.71. The Hall–Kier alpha value is -2.53. The molecule has 3 heterocycles. The molecule has 2 N–H and O–H groups in total. The molecule has 10 heteroatoms. The normalized spacial score (nSPS) is 29.2. The van der Waals surface area contributed by atoms with Crippen molar-refractivity contribution in [3.05, 3.63) is 28.9 Å². The van der Waals surface area contributed by atoms with Crippen molar-refractivity contribution in [2.24, 2.45) is 11.8 Å². The fourth-order valence-electron chi connectivity index (χ4n) is 6.21. The SMILES string of the molecule is COc1c2c3c(c4c1NC(=O)CS4)NC(=O)C(C)=CCCC(OC)C(OC)C(C)=CC(C)C(O3)C(OC)CC(C)C2. The smallest absolute Gasteiger partial charge is 0.251 e. The molecule has 6 atom stereocenters. The van der Waals surface area contributed by atoms with Gasteiger partial charge < -0.3 is 34.3 Å². The maximum Gasteiger partial charge on any atom is 0.251 e. The van der Waals surface area contributed by atoms with Crippen LogP contribution in [0.1, 0.15) is 52.5 Å². The Bertz CT molecular complexity index is 1210. The first-order chi connectivity index (χ1) is 19.6. The lowest BCUT2D eigenvalue weighted by atomic mass is 9.85. The van der Waals surface area contributed by atoms with Crippen LogP contribution in [-0.4, -0.2) is 70.4 Å². The highest BCUT2D eigenvalue weighted by Gasteiger charge is 2.38. The number of rotatable bonds is 4. The highest BCUT2D eigenvalue weighted by Crippen LogP contribution is 2.54. The number of benzene rings is 1. The van der Waals surface area contributed by atoms with E-state index in [0.29, 0.717) is 47.7 Å². The van der Waals surface area contributed by atoms with Gasteiger partial charge in [0.15, 0.2) is 11.5 Å². The van der Waals surface area contributed by atoms with Crippen molar-refractivity contribution in [1.82, 2.24) is 0 Å². The lowest BCUT2D eigenvalue weighted by Crippen LogP contribution is -2.41. The van der Waals surface area contributed by atoms with Crippen molar-refractivity contribution in [2.75, 3.05) is 44.8 Å². The summed E-state index contributed by atoms with van der Waals surface area (Å²) in [5.74, 6) is 1.15. The predicted octanol–water partition coefficient (Wildman–Crippen LogP) is 5.38. The summed E-state index contributed by atoms with van der Waals surface area (Å²) in [6.07, 6.45) is 5.82. The zero-order chi connectivity index (χ0) is 29.8. The van der Waals surface area contributed by atoms with E-state index in [4.69, 9.17) is 23.7 Å². The van der Waals surface area contributed by atoms with Crippen LogP contribution in [0.4, 0.5) is 11.4 Å². The third-order valence-corrected chi connectivity index (χ3v) is 9.37. The van der Waals surface area contributed by atoms with Crippen LogP contribution in [0.15, 0.2) is 28.2 Å². The molecule has 0 saturated heterocycles. The number of hydrogen-bond donors (Lipinski definition) is 2. The monoisotopic (exact) mass is 588 g/mol. The van der Waals surface area contributed by atoms with Crippen LogP contribution < -0.4 is 20.1 Å². The second-order valence-electron chi connectivity index (χ2n) is 11.3. The molecular formula is C31H44N2O7S. The number of fused-ring (bicyclic) bond motifs is 3. The average Bonchev–Trinajstić information content (AvgIpc) is 2.93. The highest BCUT2D eigenvalue weighted by molar-refractivity contribution is 8.00. The molecule has 226 valence electrons. The Labute approximate surface area is 247 Å². The molecule has 4 rings (SSSR count). The maximum atomic E-state index is 13.6.